The van der Waals surface area contributed by atoms with Gasteiger partial charge in [0.05, 0.1) is 12.0 Å². The SMILES string of the molecule is COC(CNC(=O)OCC1c2ccccc2-c2ccccc21)C(=O)NC1CCCC1(C)C(=O)O. The van der Waals surface area contributed by atoms with Crippen LogP contribution in [0, 0.1) is 5.41 Å². The third-order valence-corrected chi connectivity index (χ3v) is 7.12. The van der Waals surface area contributed by atoms with E-state index >= 15 is 0 Å². The summed E-state index contributed by atoms with van der Waals surface area (Å²) in [5.41, 5.74) is 3.51. The van der Waals surface area contributed by atoms with Crippen molar-refractivity contribution in [2.45, 2.75) is 44.2 Å². The van der Waals surface area contributed by atoms with E-state index in [1.165, 1.54) is 7.11 Å². The predicted octanol–water partition coefficient (Wildman–Crippen LogP) is 3.30. The zero-order chi connectivity index (χ0) is 24.3. The molecule has 3 N–H and O–H groups in total. The molecule has 8 nitrogen and oxygen atoms in total. The van der Waals surface area contributed by atoms with Gasteiger partial charge in [-0.25, -0.2) is 4.79 Å². The second-order valence-electron chi connectivity index (χ2n) is 9.11. The van der Waals surface area contributed by atoms with Crippen LogP contribution in [0.2, 0.25) is 0 Å². The van der Waals surface area contributed by atoms with E-state index in [1.54, 1.807) is 6.92 Å². The van der Waals surface area contributed by atoms with Gasteiger partial charge in [0.1, 0.15) is 6.61 Å². The summed E-state index contributed by atoms with van der Waals surface area (Å²) in [7, 11) is 1.37. The topological polar surface area (TPSA) is 114 Å². The molecular formula is C26H30N2O6. The molecule has 1 fully saturated rings. The molecule has 8 heteroatoms. The highest BCUT2D eigenvalue weighted by molar-refractivity contribution is 5.84. The third kappa shape index (κ3) is 4.50. The average molecular weight is 467 g/mol. The molecule has 2 aliphatic carbocycles. The van der Waals surface area contributed by atoms with Crippen LogP contribution in [-0.4, -0.2) is 55.5 Å². The highest BCUT2D eigenvalue weighted by atomic mass is 16.5. The lowest BCUT2D eigenvalue weighted by Crippen LogP contribution is -2.52. The highest BCUT2D eigenvalue weighted by Crippen LogP contribution is 2.44. The Morgan fingerprint density at radius 1 is 1.09 bits per heavy atom. The number of nitrogens with one attached hydrogen (secondary N) is 2. The van der Waals surface area contributed by atoms with Gasteiger partial charge in [0, 0.05) is 19.1 Å². The molecular weight excluding hydrogens is 436 g/mol. The number of methoxy groups -OCH3 is 1. The maximum Gasteiger partial charge on any atom is 0.407 e. The number of fused-ring (bicyclic) bond motifs is 3. The first-order valence-electron chi connectivity index (χ1n) is 11.5. The van der Waals surface area contributed by atoms with Crippen LogP contribution >= 0.6 is 0 Å². The Morgan fingerprint density at radius 2 is 1.71 bits per heavy atom. The van der Waals surface area contributed by atoms with E-state index in [4.69, 9.17) is 9.47 Å². The molecule has 0 radical (unpaired) electrons. The van der Waals surface area contributed by atoms with E-state index in [-0.39, 0.29) is 19.1 Å². The van der Waals surface area contributed by atoms with Crippen molar-refractivity contribution in [2.75, 3.05) is 20.3 Å². The molecule has 0 spiro atoms. The molecule has 2 aromatic carbocycles. The van der Waals surface area contributed by atoms with Gasteiger partial charge in [0.2, 0.25) is 0 Å². The van der Waals surface area contributed by atoms with E-state index in [2.05, 4.69) is 22.8 Å². The van der Waals surface area contributed by atoms with E-state index in [0.29, 0.717) is 12.8 Å². The van der Waals surface area contributed by atoms with Gasteiger partial charge in [0.25, 0.3) is 5.91 Å². The summed E-state index contributed by atoms with van der Waals surface area (Å²) in [6.07, 6.45) is 0.212. The molecule has 1 saturated carbocycles. The molecule has 4 rings (SSSR count). The Kier molecular flexibility index (Phi) is 6.88. The number of carboxylic acid groups (broad SMARTS) is 1. The molecule has 0 aliphatic heterocycles. The number of alkyl carbamates (subject to hydrolysis) is 1. The summed E-state index contributed by atoms with van der Waals surface area (Å²) in [6.45, 7) is 1.72. The molecule has 0 aromatic heterocycles. The van der Waals surface area contributed by atoms with Crippen LogP contribution < -0.4 is 10.6 Å². The van der Waals surface area contributed by atoms with Gasteiger partial charge in [-0.05, 0) is 42.0 Å². The van der Waals surface area contributed by atoms with Crippen molar-refractivity contribution in [1.82, 2.24) is 10.6 Å². The van der Waals surface area contributed by atoms with Crippen molar-refractivity contribution < 1.29 is 29.0 Å². The molecule has 0 saturated heterocycles. The van der Waals surface area contributed by atoms with Gasteiger partial charge in [-0.3, -0.25) is 9.59 Å². The fourth-order valence-corrected chi connectivity index (χ4v) is 5.03. The van der Waals surface area contributed by atoms with Crippen LogP contribution in [0.3, 0.4) is 0 Å². The molecule has 0 heterocycles. The third-order valence-electron chi connectivity index (χ3n) is 7.12. The number of carbonyl (C=O) groups excluding carboxylic acids is 2. The number of aliphatic carboxylic acids is 1. The van der Waals surface area contributed by atoms with Crippen LogP contribution in [-0.2, 0) is 19.1 Å². The monoisotopic (exact) mass is 466 g/mol. The number of benzene rings is 2. The Morgan fingerprint density at radius 3 is 2.29 bits per heavy atom. The maximum absolute atomic E-state index is 12.7. The number of carboxylic acids is 1. The lowest BCUT2D eigenvalue weighted by Gasteiger charge is -2.29. The van der Waals surface area contributed by atoms with Crippen molar-refractivity contribution >= 4 is 18.0 Å². The highest BCUT2D eigenvalue weighted by Gasteiger charge is 2.46. The number of rotatable bonds is 8. The van der Waals surface area contributed by atoms with E-state index in [0.717, 1.165) is 28.7 Å². The zero-order valence-electron chi connectivity index (χ0n) is 19.4. The minimum Gasteiger partial charge on any atom is -0.481 e. The fraction of sp³-hybridized carbons (Fsp3) is 0.423. The van der Waals surface area contributed by atoms with Gasteiger partial charge >= 0.3 is 12.1 Å². The first-order valence-corrected chi connectivity index (χ1v) is 11.5. The van der Waals surface area contributed by atoms with Crippen molar-refractivity contribution in [3.63, 3.8) is 0 Å². The second-order valence-corrected chi connectivity index (χ2v) is 9.11. The van der Waals surface area contributed by atoms with Crippen LogP contribution in [0.4, 0.5) is 4.79 Å². The van der Waals surface area contributed by atoms with Crippen LogP contribution in [0.25, 0.3) is 11.1 Å². The second kappa shape index (κ2) is 9.85. The van der Waals surface area contributed by atoms with Crippen molar-refractivity contribution in [3.8, 4) is 11.1 Å². The van der Waals surface area contributed by atoms with E-state index in [9.17, 15) is 19.5 Å². The van der Waals surface area contributed by atoms with Crippen molar-refractivity contribution in [2.24, 2.45) is 5.41 Å². The number of amides is 2. The smallest absolute Gasteiger partial charge is 0.407 e. The summed E-state index contributed by atoms with van der Waals surface area (Å²) in [5, 5.41) is 14.9. The van der Waals surface area contributed by atoms with Gasteiger partial charge in [-0.2, -0.15) is 0 Å². The first-order chi connectivity index (χ1) is 16.3. The minimum absolute atomic E-state index is 0.0595. The molecule has 3 unspecified atom stereocenters. The Bertz CT molecular complexity index is 1040. The quantitative estimate of drug-likeness (QED) is 0.550. The lowest BCUT2D eigenvalue weighted by atomic mass is 9.85. The van der Waals surface area contributed by atoms with Gasteiger partial charge in [0.15, 0.2) is 6.10 Å². The lowest BCUT2D eigenvalue weighted by molar-refractivity contribution is -0.149. The standard InChI is InChI=1S/C26H30N2O6/c1-26(24(30)31)13-7-12-22(26)28-23(29)21(33-2)14-27-25(32)34-15-20-18-10-5-3-8-16(18)17-9-4-6-11-19(17)20/h3-6,8-11,20-22H,7,12-15H2,1-2H3,(H,27,32)(H,28,29)(H,30,31). The van der Waals surface area contributed by atoms with Crippen molar-refractivity contribution in [3.05, 3.63) is 59.7 Å². The average Bonchev–Trinajstić information content (AvgIpc) is 3.36. The molecule has 0 bridgehead atoms. The van der Waals surface area contributed by atoms with Crippen LogP contribution in [0.15, 0.2) is 48.5 Å². The first kappa shape index (κ1) is 23.8. The number of carbonyl (C=O) groups is 3. The summed E-state index contributed by atoms with van der Waals surface area (Å²) in [5.74, 6) is -1.45. The summed E-state index contributed by atoms with van der Waals surface area (Å²) >= 11 is 0. The number of ether oxygens (including phenoxy) is 2. The van der Waals surface area contributed by atoms with E-state index in [1.807, 2.05) is 36.4 Å². The Balaban J connectivity index is 1.31. The van der Waals surface area contributed by atoms with Gasteiger partial charge in [-0.15, -0.1) is 0 Å². The normalized spacial score (nSPS) is 21.9. The van der Waals surface area contributed by atoms with Crippen LogP contribution in [0.1, 0.15) is 43.2 Å². The molecule has 2 aliphatic rings. The van der Waals surface area contributed by atoms with Crippen LogP contribution in [0.5, 0.6) is 0 Å². The number of hydrogen-bond donors (Lipinski definition) is 3. The fourth-order valence-electron chi connectivity index (χ4n) is 5.03. The van der Waals surface area contributed by atoms with Crippen molar-refractivity contribution in [1.29, 1.82) is 0 Å². The number of hydrogen-bond acceptors (Lipinski definition) is 5. The van der Waals surface area contributed by atoms with Gasteiger partial charge < -0.3 is 25.2 Å². The minimum atomic E-state index is -1.01. The Hall–Kier alpha value is -3.39. The summed E-state index contributed by atoms with van der Waals surface area (Å²) in [6, 6.07) is 15.7. The molecule has 180 valence electrons. The molecule has 34 heavy (non-hydrogen) atoms. The zero-order valence-corrected chi connectivity index (χ0v) is 19.4. The largest absolute Gasteiger partial charge is 0.481 e. The summed E-state index contributed by atoms with van der Waals surface area (Å²) < 4.78 is 10.7. The van der Waals surface area contributed by atoms with E-state index < -0.39 is 35.5 Å². The molecule has 2 aromatic rings. The predicted molar refractivity (Wildman–Crippen MR) is 125 cm³/mol. The molecule has 3 atom stereocenters. The van der Waals surface area contributed by atoms with Gasteiger partial charge in [-0.1, -0.05) is 55.0 Å². The summed E-state index contributed by atoms with van der Waals surface area (Å²) in [4.78, 5) is 36.7. The molecule has 2 amide bonds. The maximum atomic E-state index is 12.7. The Labute approximate surface area is 198 Å².